The van der Waals surface area contributed by atoms with E-state index in [1.807, 2.05) is 5.32 Å². The van der Waals surface area contributed by atoms with Crippen molar-refractivity contribution in [1.29, 1.82) is 0 Å². The summed E-state index contributed by atoms with van der Waals surface area (Å²) in [7, 11) is 0. The molecule has 0 bridgehead atoms. The van der Waals surface area contributed by atoms with Crippen LogP contribution in [-0.2, 0) is 14.4 Å². The van der Waals surface area contributed by atoms with Gasteiger partial charge >= 0.3 is 11.8 Å². The Labute approximate surface area is 143 Å². The molecule has 0 atom stereocenters. The first-order valence-electron chi connectivity index (χ1n) is 7.21. The molecule has 0 fully saturated rings. The van der Waals surface area contributed by atoms with Gasteiger partial charge in [0.05, 0.1) is 11.3 Å². The highest BCUT2D eigenvalue weighted by atomic mass is 16.2. The number of nitrogens with two attached hydrogens (primary N) is 2. The molecular formula is C17H16N4O4. The number of hydrogen-bond donors (Lipinski definition) is 3. The van der Waals surface area contributed by atoms with E-state index in [0.717, 1.165) is 6.92 Å². The van der Waals surface area contributed by atoms with Gasteiger partial charge in [-0.15, -0.1) is 0 Å². The predicted octanol–water partition coefficient (Wildman–Crippen LogP) is 0.687. The number of carbonyl (C=O) groups excluding carboxylic acids is 4. The van der Waals surface area contributed by atoms with Crippen LogP contribution in [-0.4, -0.2) is 23.6 Å². The molecule has 0 spiro atoms. The second-order valence-electron chi connectivity index (χ2n) is 5.12. The highest BCUT2D eigenvalue weighted by Gasteiger charge is 2.28. The number of nitrogens with zero attached hydrogens (tertiary/aromatic N) is 1. The first-order chi connectivity index (χ1) is 11.8. The third-order valence-electron chi connectivity index (χ3n) is 3.30. The number of nitrogen functional groups attached to an aromatic ring is 2. The molecule has 0 heterocycles. The Bertz CT molecular complexity index is 846. The van der Waals surface area contributed by atoms with Gasteiger partial charge in [-0.1, -0.05) is 12.1 Å². The van der Waals surface area contributed by atoms with Crippen molar-refractivity contribution in [2.24, 2.45) is 0 Å². The summed E-state index contributed by atoms with van der Waals surface area (Å²) in [5.74, 6) is -3.96. The minimum Gasteiger partial charge on any atom is -0.399 e. The van der Waals surface area contributed by atoms with E-state index >= 15 is 0 Å². The van der Waals surface area contributed by atoms with Gasteiger partial charge in [0.1, 0.15) is 0 Å². The summed E-state index contributed by atoms with van der Waals surface area (Å²) in [5.41, 5.74) is 12.0. The van der Waals surface area contributed by atoms with Gasteiger partial charge < -0.3 is 11.5 Å². The van der Waals surface area contributed by atoms with Crippen LogP contribution in [0.25, 0.3) is 0 Å². The number of rotatable bonds is 2. The molecule has 0 unspecified atom stereocenters. The Hall–Kier alpha value is -3.68. The lowest BCUT2D eigenvalue weighted by molar-refractivity contribution is -0.139. The normalized spacial score (nSPS) is 9.96. The van der Waals surface area contributed by atoms with E-state index in [-0.39, 0.29) is 16.9 Å². The van der Waals surface area contributed by atoms with Gasteiger partial charge in [-0.05, 0) is 36.4 Å². The van der Waals surface area contributed by atoms with Crippen LogP contribution < -0.4 is 21.7 Å². The number of imide groups is 2. The lowest BCUT2D eigenvalue weighted by Gasteiger charge is -2.18. The second kappa shape index (κ2) is 7.26. The number of anilines is 3. The molecule has 0 saturated heterocycles. The first kappa shape index (κ1) is 17.7. The molecule has 8 nitrogen and oxygen atoms in total. The molecule has 0 saturated carbocycles. The Morgan fingerprint density at radius 2 is 1.52 bits per heavy atom. The number of para-hydroxylation sites is 1. The van der Waals surface area contributed by atoms with Crippen molar-refractivity contribution in [2.45, 2.75) is 6.92 Å². The van der Waals surface area contributed by atoms with Crippen LogP contribution >= 0.6 is 0 Å². The van der Waals surface area contributed by atoms with Gasteiger partial charge in [0.2, 0.25) is 5.91 Å². The van der Waals surface area contributed by atoms with E-state index in [1.54, 1.807) is 12.1 Å². The molecule has 4 amide bonds. The lowest BCUT2D eigenvalue weighted by Crippen LogP contribution is -2.47. The van der Waals surface area contributed by atoms with Gasteiger partial charge in [-0.25, -0.2) is 4.90 Å². The fourth-order valence-corrected chi connectivity index (χ4v) is 2.09. The van der Waals surface area contributed by atoms with Crippen LogP contribution in [0, 0.1) is 0 Å². The van der Waals surface area contributed by atoms with Crippen molar-refractivity contribution in [2.75, 3.05) is 16.4 Å². The molecule has 0 radical (unpaired) electrons. The van der Waals surface area contributed by atoms with E-state index in [0.29, 0.717) is 10.6 Å². The molecule has 0 aliphatic rings. The van der Waals surface area contributed by atoms with E-state index < -0.39 is 23.6 Å². The first-order valence-corrected chi connectivity index (χ1v) is 7.21. The minimum absolute atomic E-state index is 0.0468. The third-order valence-corrected chi connectivity index (χ3v) is 3.30. The van der Waals surface area contributed by atoms with Crippen molar-refractivity contribution >= 4 is 40.7 Å². The number of benzene rings is 2. The van der Waals surface area contributed by atoms with Gasteiger partial charge in [0.15, 0.2) is 0 Å². The number of nitrogens with one attached hydrogen (secondary N) is 1. The third kappa shape index (κ3) is 3.99. The number of carbonyl (C=O) groups is 4. The van der Waals surface area contributed by atoms with Crippen molar-refractivity contribution in [3.63, 3.8) is 0 Å². The van der Waals surface area contributed by atoms with Crippen LogP contribution in [0.5, 0.6) is 0 Å². The second-order valence-corrected chi connectivity index (χ2v) is 5.12. The van der Waals surface area contributed by atoms with E-state index in [9.17, 15) is 19.2 Å². The van der Waals surface area contributed by atoms with Crippen LogP contribution in [0.2, 0.25) is 0 Å². The van der Waals surface area contributed by atoms with Gasteiger partial charge in [-0.3, -0.25) is 24.5 Å². The minimum atomic E-state index is -1.25. The highest BCUT2D eigenvalue weighted by Crippen LogP contribution is 2.17. The molecule has 5 N–H and O–H groups in total. The molecule has 8 heteroatoms. The highest BCUT2D eigenvalue weighted by molar-refractivity contribution is 6.47. The standard InChI is InChI=1S/C17H16N4O4/c1-10(22)21(12-8-6-11(18)7-9-12)17(25)16(24)20-15(23)13-4-2-3-5-14(13)19/h2-9H,18-19H2,1H3,(H,20,23,24). The molecule has 2 aromatic carbocycles. The van der Waals surface area contributed by atoms with E-state index in [2.05, 4.69) is 0 Å². The summed E-state index contributed by atoms with van der Waals surface area (Å²) in [6.07, 6.45) is 0. The van der Waals surface area contributed by atoms with Gasteiger partial charge in [-0.2, -0.15) is 0 Å². The summed E-state index contributed by atoms with van der Waals surface area (Å²) in [4.78, 5) is 48.9. The van der Waals surface area contributed by atoms with Gasteiger partial charge in [0, 0.05) is 18.3 Å². The zero-order valence-corrected chi connectivity index (χ0v) is 13.4. The maximum absolute atomic E-state index is 12.3. The molecule has 0 aliphatic heterocycles. The zero-order valence-electron chi connectivity index (χ0n) is 13.4. The topological polar surface area (TPSA) is 136 Å². The summed E-state index contributed by atoms with van der Waals surface area (Å²) in [6, 6.07) is 11.9. The molecule has 25 heavy (non-hydrogen) atoms. The average Bonchev–Trinajstić information content (AvgIpc) is 2.56. The van der Waals surface area contributed by atoms with E-state index in [1.165, 1.54) is 36.4 Å². The molecule has 0 aromatic heterocycles. The number of hydrogen-bond acceptors (Lipinski definition) is 6. The summed E-state index contributed by atoms with van der Waals surface area (Å²) in [5, 5.41) is 1.93. The van der Waals surface area contributed by atoms with E-state index in [4.69, 9.17) is 11.5 Å². The summed E-state index contributed by atoms with van der Waals surface area (Å²) in [6.45, 7) is 1.12. The summed E-state index contributed by atoms with van der Waals surface area (Å²) < 4.78 is 0. The molecular weight excluding hydrogens is 324 g/mol. The molecule has 128 valence electrons. The maximum Gasteiger partial charge on any atom is 0.323 e. The van der Waals surface area contributed by atoms with Crippen LogP contribution in [0.1, 0.15) is 17.3 Å². The average molecular weight is 340 g/mol. The zero-order chi connectivity index (χ0) is 18.6. The summed E-state index contributed by atoms with van der Waals surface area (Å²) >= 11 is 0. The predicted molar refractivity (Wildman–Crippen MR) is 92.3 cm³/mol. The fourth-order valence-electron chi connectivity index (χ4n) is 2.09. The van der Waals surface area contributed by atoms with Gasteiger partial charge in [0.25, 0.3) is 5.91 Å². The molecule has 2 rings (SSSR count). The number of amides is 4. The van der Waals surface area contributed by atoms with Crippen molar-refractivity contribution in [3.05, 3.63) is 54.1 Å². The Balaban J connectivity index is 2.20. The largest absolute Gasteiger partial charge is 0.399 e. The Kier molecular flexibility index (Phi) is 5.13. The fraction of sp³-hybridized carbons (Fsp3) is 0.0588. The maximum atomic E-state index is 12.3. The van der Waals surface area contributed by atoms with Crippen LogP contribution in [0.4, 0.5) is 17.1 Å². The smallest absolute Gasteiger partial charge is 0.323 e. The van der Waals surface area contributed by atoms with Crippen LogP contribution in [0.15, 0.2) is 48.5 Å². The monoisotopic (exact) mass is 340 g/mol. The molecule has 0 aliphatic carbocycles. The molecule has 2 aromatic rings. The van der Waals surface area contributed by atoms with Crippen LogP contribution in [0.3, 0.4) is 0 Å². The quantitative estimate of drug-likeness (QED) is 0.543. The van der Waals surface area contributed by atoms with Crippen molar-refractivity contribution in [3.8, 4) is 0 Å². The SMILES string of the molecule is CC(=O)N(C(=O)C(=O)NC(=O)c1ccccc1N)c1ccc(N)cc1. The van der Waals surface area contributed by atoms with Crippen molar-refractivity contribution in [1.82, 2.24) is 5.32 Å². The Morgan fingerprint density at radius 3 is 2.08 bits per heavy atom. The van der Waals surface area contributed by atoms with Crippen molar-refractivity contribution < 1.29 is 19.2 Å². The lowest BCUT2D eigenvalue weighted by atomic mass is 10.1. The Morgan fingerprint density at radius 1 is 0.920 bits per heavy atom.